The van der Waals surface area contributed by atoms with E-state index in [-0.39, 0.29) is 11.6 Å². The minimum absolute atomic E-state index is 0.0598. The average Bonchev–Trinajstić information content (AvgIpc) is 3.06. The molecule has 1 aliphatic heterocycles. The lowest BCUT2D eigenvalue weighted by Gasteiger charge is -2.25. The van der Waals surface area contributed by atoms with Gasteiger partial charge in [-0.3, -0.25) is 18.7 Å². The molecule has 38 heavy (non-hydrogen) atoms. The molecule has 13 nitrogen and oxygen atoms in total. The third-order valence-electron chi connectivity index (χ3n) is 5.44. The van der Waals surface area contributed by atoms with Gasteiger partial charge >= 0.3 is 19.4 Å². The number of benzene rings is 1. The zero-order valence-electron chi connectivity index (χ0n) is 21.1. The summed E-state index contributed by atoms with van der Waals surface area (Å²) in [4.78, 5) is 38.9. The van der Waals surface area contributed by atoms with Gasteiger partial charge in [-0.25, -0.2) is 13.8 Å². The number of rotatable bonds is 12. The molecule has 1 aromatic heterocycles. The van der Waals surface area contributed by atoms with Gasteiger partial charge in [-0.15, -0.1) is 0 Å². The average molecular weight is 556 g/mol. The Balaban J connectivity index is 1.79. The molecule has 1 amide bonds. The normalized spacial score (nSPS) is 25.4. The molecule has 2 aromatic rings. The van der Waals surface area contributed by atoms with Crippen LogP contribution in [0.2, 0.25) is 0 Å². The molecule has 3 rings (SSSR count). The van der Waals surface area contributed by atoms with Crippen LogP contribution in [0.4, 0.5) is 10.2 Å². The van der Waals surface area contributed by atoms with Crippen molar-refractivity contribution < 1.29 is 42.2 Å². The molecule has 1 aromatic carbocycles. The summed E-state index contributed by atoms with van der Waals surface area (Å²) in [5.41, 5.74) is -3.44. The van der Waals surface area contributed by atoms with Gasteiger partial charge < -0.3 is 24.4 Å². The molecule has 0 bridgehead atoms. The van der Waals surface area contributed by atoms with Crippen LogP contribution >= 0.6 is 7.75 Å². The second-order valence-electron chi connectivity index (χ2n) is 8.92. The molecule has 15 heteroatoms. The maximum Gasteiger partial charge on any atom is 0.459 e. The standard InChI is InChI=1S/C23H30FN4O9P/c1-14(2)35-20(31)15(3)27-38(33,37-16-8-6-5-7-9-16)34-12-17-19(30)23(4,24)21(36-17)28-11-10-18(25-13-29)26-22(28)32/h5-11,13-15,17,19,21,30H,12H2,1-4H3,(H,27,33)(H,25,26,29,32)/t15-,17+,19+,21+,23+,38-/m0/s1. The number of nitrogens with one attached hydrogen (secondary N) is 2. The third kappa shape index (κ3) is 7.03. The number of aliphatic hydroxyl groups excluding tert-OH is 1. The van der Waals surface area contributed by atoms with Crippen molar-refractivity contribution in [2.45, 2.75) is 63.9 Å². The number of halogens is 1. The molecular formula is C23H30FN4O9P. The van der Waals surface area contributed by atoms with E-state index in [1.807, 2.05) is 0 Å². The Labute approximate surface area is 217 Å². The molecule has 0 aliphatic carbocycles. The Morgan fingerprint density at radius 3 is 2.61 bits per heavy atom. The van der Waals surface area contributed by atoms with Gasteiger partial charge in [0, 0.05) is 6.20 Å². The number of esters is 1. The smallest absolute Gasteiger partial charge is 0.459 e. The van der Waals surface area contributed by atoms with E-state index in [1.165, 1.54) is 25.1 Å². The number of amides is 1. The van der Waals surface area contributed by atoms with Crippen LogP contribution in [-0.4, -0.2) is 63.7 Å². The number of carbonyl (C=O) groups is 2. The Morgan fingerprint density at radius 2 is 2.00 bits per heavy atom. The largest absolute Gasteiger partial charge is 0.462 e. The number of aliphatic hydroxyl groups is 1. The topological polar surface area (TPSA) is 167 Å². The van der Waals surface area contributed by atoms with Crippen LogP contribution < -0.4 is 20.6 Å². The highest BCUT2D eigenvalue weighted by atomic mass is 31.2. The molecule has 1 saturated heterocycles. The van der Waals surface area contributed by atoms with Crippen LogP contribution in [0.15, 0.2) is 47.4 Å². The van der Waals surface area contributed by atoms with Crippen molar-refractivity contribution in [2.24, 2.45) is 0 Å². The first-order valence-electron chi connectivity index (χ1n) is 11.7. The Morgan fingerprint density at radius 1 is 1.32 bits per heavy atom. The third-order valence-corrected chi connectivity index (χ3v) is 7.08. The van der Waals surface area contributed by atoms with E-state index in [4.69, 9.17) is 18.5 Å². The molecule has 1 aliphatic rings. The maximum atomic E-state index is 15.6. The highest BCUT2D eigenvalue weighted by Gasteiger charge is 2.56. The van der Waals surface area contributed by atoms with Crippen LogP contribution in [0.5, 0.6) is 5.75 Å². The zero-order valence-corrected chi connectivity index (χ0v) is 22.0. The van der Waals surface area contributed by atoms with Gasteiger partial charge in [-0.1, -0.05) is 18.2 Å². The predicted octanol–water partition coefficient (Wildman–Crippen LogP) is 1.93. The van der Waals surface area contributed by atoms with E-state index in [2.05, 4.69) is 15.4 Å². The van der Waals surface area contributed by atoms with Crippen molar-refractivity contribution in [1.82, 2.24) is 14.6 Å². The summed E-state index contributed by atoms with van der Waals surface area (Å²) in [6, 6.07) is 8.09. The molecule has 208 valence electrons. The van der Waals surface area contributed by atoms with Gasteiger partial charge in [-0.05, 0) is 45.9 Å². The first kappa shape index (κ1) is 29.4. The van der Waals surface area contributed by atoms with Crippen LogP contribution in [-0.2, 0) is 28.2 Å². The Bertz CT molecular complexity index is 1230. The van der Waals surface area contributed by atoms with Crippen LogP contribution in [0.3, 0.4) is 0 Å². The minimum atomic E-state index is -4.32. The van der Waals surface area contributed by atoms with Crippen LogP contribution in [0.1, 0.15) is 33.9 Å². The van der Waals surface area contributed by atoms with Crippen molar-refractivity contribution >= 4 is 25.9 Å². The first-order chi connectivity index (χ1) is 17.9. The summed E-state index contributed by atoms with van der Waals surface area (Å²) in [7, 11) is -4.32. The lowest BCUT2D eigenvalue weighted by Crippen LogP contribution is -2.43. The second kappa shape index (κ2) is 12.1. The summed E-state index contributed by atoms with van der Waals surface area (Å²) < 4.78 is 51.7. The molecule has 0 radical (unpaired) electrons. The lowest BCUT2D eigenvalue weighted by atomic mass is 9.98. The SMILES string of the molecule is CC(C)OC(=O)[C@H](C)N[P@](=O)(OC[C@H]1O[C@@H](n2ccc(NC=O)nc2=O)[C@](C)(F)[C@@H]1O)Oc1ccccc1. The number of nitrogens with zero attached hydrogens (tertiary/aromatic N) is 2. The van der Waals surface area contributed by atoms with Crippen molar-refractivity contribution in [3.05, 3.63) is 53.1 Å². The molecule has 6 atom stereocenters. The van der Waals surface area contributed by atoms with Gasteiger partial charge in [0.15, 0.2) is 11.9 Å². The van der Waals surface area contributed by atoms with Crippen molar-refractivity contribution in [1.29, 1.82) is 0 Å². The monoisotopic (exact) mass is 556 g/mol. The first-order valence-corrected chi connectivity index (χ1v) is 13.2. The number of hydrogen-bond acceptors (Lipinski definition) is 10. The molecule has 1 fully saturated rings. The van der Waals surface area contributed by atoms with E-state index in [0.29, 0.717) is 6.41 Å². The molecule has 0 saturated carbocycles. The number of alkyl halides is 1. The number of hydrogen-bond donors (Lipinski definition) is 3. The molecule has 0 unspecified atom stereocenters. The van der Waals surface area contributed by atoms with E-state index in [9.17, 15) is 24.1 Å². The number of para-hydroxylation sites is 1. The van der Waals surface area contributed by atoms with E-state index in [0.717, 1.165) is 17.7 Å². The fraction of sp³-hybridized carbons (Fsp3) is 0.478. The highest BCUT2D eigenvalue weighted by molar-refractivity contribution is 7.52. The summed E-state index contributed by atoms with van der Waals surface area (Å²) in [6.07, 6.45) is -3.81. The van der Waals surface area contributed by atoms with Gasteiger partial charge in [-0.2, -0.15) is 10.1 Å². The fourth-order valence-electron chi connectivity index (χ4n) is 3.59. The molecular weight excluding hydrogens is 526 g/mol. The van der Waals surface area contributed by atoms with Crippen LogP contribution in [0.25, 0.3) is 0 Å². The summed E-state index contributed by atoms with van der Waals surface area (Å²) in [6.45, 7) is 5.07. The minimum Gasteiger partial charge on any atom is -0.462 e. The van der Waals surface area contributed by atoms with Crippen molar-refractivity contribution in [3.8, 4) is 5.75 Å². The number of anilines is 1. The maximum absolute atomic E-state index is 15.6. The lowest BCUT2D eigenvalue weighted by molar-refractivity contribution is -0.149. The highest BCUT2D eigenvalue weighted by Crippen LogP contribution is 2.47. The van der Waals surface area contributed by atoms with Gasteiger partial charge in [0.25, 0.3) is 0 Å². The van der Waals surface area contributed by atoms with Gasteiger partial charge in [0.2, 0.25) is 6.41 Å². The van der Waals surface area contributed by atoms with E-state index in [1.54, 1.807) is 32.0 Å². The second-order valence-corrected chi connectivity index (χ2v) is 10.6. The summed E-state index contributed by atoms with van der Waals surface area (Å²) in [5, 5.41) is 15.3. The number of ether oxygens (including phenoxy) is 2. The summed E-state index contributed by atoms with van der Waals surface area (Å²) in [5.74, 6) is -0.626. The van der Waals surface area contributed by atoms with Gasteiger partial charge in [0.1, 0.15) is 29.8 Å². The molecule has 2 heterocycles. The number of carbonyl (C=O) groups excluding carboxylic acids is 2. The predicted molar refractivity (Wildman–Crippen MR) is 132 cm³/mol. The molecule has 0 spiro atoms. The van der Waals surface area contributed by atoms with Gasteiger partial charge in [0.05, 0.1) is 12.7 Å². The van der Waals surface area contributed by atoms with E-state index < -0.39 is 62.3 Å². The van der Waals surface area contributed by atoms with Crippen LogP contribution in [0, 0.1) is 0 Å². The summed E-state index contributed by atoms with van der Waals surface area (Å²) >= 11 is 0. The van der Waals surface area contributed by atoms with Crippen molar-refractivity contribution in [3.63, 3.8) is 0 Å². The Hall–Kier alpha value is -3.16. The van der Waals surface area contributed by atoms with Crippen molar-refractivity contribution in [2.75, 3.05) is 11.9 Å². The quantitative estimate of drug-likeness (QED) is 0.199. The number of aromatic nitrogens is 2. The molecule has 3 N–H and O–H groups in total. The zero-order chi connectivity index (χ0) is 28.1. The Kier molecular flexibility index (Phi) is 9.39. The fourth-order valence-corrected chi connectivity index (χ4v) is 5.09. The van der Waals surface area contributed by atoms with E-state index >= 15 is 4.39 Å².